The second kappa shape index (κ2) is 6.77. The topological polar surface area (TPSA) is 29.5 Å². The van der Waals surface area contributed by atoms with Gasteiger partial charge in [-0.15, -0.1) is 0 Å². The van der Waals surface area contributed by atoms with E-state index in [9.17, 15) is 4.79 Å². The highest BCUT2D eigenvalue weighted by molar-refractivity contribution is 9.10. The Hall–Kier alpha value is -0.870. The van der Waals surface area contributed by atoms with Gasteiger partial charge in [0, 0.05) is 35.9 Å². The number of methoxy groups -OCH3 is 1. The van der Waals surface area contributed by atoms with Crippen molar-refractivity contribution in [2.75, 3.05) is 31.7 Å². The number of carbonyl (C=O) groups excluding carboxylic acids is 1. The maximum atomic E-state index is 11.6. The molecular weight excluding hydrogens is 282 g/mol. The summed E-state index contributed by atoms with van der Waals surface area (Å²) in [6.45, 7) is 5.94. The highest BCUT2D eigenvalue weighted by atomic mass is 79.9. The predicted octanol–water partition coefficient (Wildman–Crippen LogP) is 3.12. The molecule has 0 aliphatic heterocycles. The summed E-state index contributed by atoms with van der Waals surface area (Å²) in [7, 11) is 1.68. The van der Waals surface area contributed by atoms with E-state index >= 15 is 0 Å². The number of anilines is 1. The summed E-state index contributed by atoms with van der Waals surface area (Å²) in [4.78, 5) is 13.7. The molecule has 0 aliphatic carbocycles. The molecule has 0 heterocycles. The summed E-state index contributed by atoms with van der Waals surface area (Å²) >= 11 is 3.44. The van der Waals surface area contributed by atoms with Crippen molar-refractivity contribution in [2.24, 2.45) is 0 Å². The Morgan fingerprint density at radius 2 is 2.18 bits per heavy atom. The van der Waals surface area contributed by atoms with Crippen molar-refractivity contribution < 1.29 is 9.53 Å². The lowest BCUT2D eigenvalue weighted by atomic mass is 10.1. The number of ether oxygens (including phenoxy) is 1. The Morgan fingerprint density at radius 3 is 2.71 bits per heavy atom. The second-order valence-corrected chi connectivity index (χ2v) is 4.71. The molecule has 0 fully saturated rings. The zero-order valence-corrected chi connectivity index (χ0v) is 12.1. The lowest BCUT2D eigenvalue weighted by Gasteiger charge is -2.25. The van der Waals surface area contributed by atoms with Crippen molar-refractivity contribution in [3.63, 3.8) is 0 Å². The lowest BCUT2D eigenvalue weighted by molar-refractivity contribution is 0.101. The van der Waals surface area contributed by atoms with E-state index in [1.807, 2.05) is 18.2 Å². The Kier molecular flexibility index (Phi) is 5.65. The summed E-state index contributed by atoms with van der Waals surface area (Å²) in [5, 5.41) is 0. The van der Waals surface area contributed by atoms with Gasteiger partial charge >= 0.3 is 0 Å². The molecule has 0 aromatic heterocycles. The van der Waals surface area contributed by atoms with Crippen LogP contribution in [0.4, 0.5) is 5.69 Å². The fourth-order valence-corrected chi connectivity index (χ4v) is 2.06. The molecule has 0 amide bonds. The zero-order valence-electron chi connectivity index (χ0n) is 10.5. The molecule has 3 nitrogen and oxygen atoms in total. The number of likely N-dealkylation sites (N-methyl/N-ethyl adjacent to an activating group) is 1. The van der Waals surface area contributed by atoms with Crippen molar-refractivity contribution in [1.82, 2.24) is 0 Å². The predicted molar refractivity (Wildman–Crippen MR) is 73.9 cm³/mol. The summed E-state index contributed by atoms with van der Waals surface area (Å²) in [6.07, 6.45) is 0. The van der Waals surface area contributed by atoms with Gasteiger partial charge in [-0.05, 0) is 32.0 Å². The number of ketones is 1. The minimum Gasteiger partial charge on any atom is -0.383 e. The third-order valence-corrected chi connectivity index (χ3v) is 3.12. The molecule has 0 bridgehead atoms. The number of halogens is 1. The standard InChI is InChI=1S/C13H18BrNO2/c1-4-15(7-8-17-3)13-9-11(14)5-6-12(13)10(2)16/h5-6,9H,4,7-8H2,1-3H3. The van der Waals surface area contributed by atoms with Crippen LogP contribution in [0.15, 0.2) is 22.7 Å². The number of rotatable bonds is 6. The van der Waals surface area contributed by atoms with E-state index in [0.29, 0.717) is 6.61 Å². The van der Waals surface area contributed by atoms with Gasteiger partial charge in [-0.25, -0.2) is 0 Å². The summed E-state index contributed by atoms with van der Waals surface area (Å²) in [5.41, 5.74) is 1.72. The highest BCUT2D eigenvalue weighted by Gasteiger charge is 2.13. The SMILES string of the molecule is CCN(CCOC)c1cc(Br)ccc1C(C)=O. The van der Waals surface area contributed by atoms with Crippen LogP contribution in [0.5, 0.6) is 0 Å². The zero-order chi connectivity index (χ0) is 12.8. The molecule has 17 heavy (non-hydrogen) atoms. The second-order valence-electron chi connectivity index (χ2n) is 3.79. The van der Waals surface area contributed by atoms with Crippen molar-refractivity contribution in [2.45, 2.75) is 13.8 Å². The minimum atomic E-state index is 0.0865. The molecule has 4 heteroatoms. The molecule has 0 saturated heterocycles. The van der Waals surface area contributed by atoms with Gasteiger partial charge in [0.1, 0.15) is 0 Å². The van der Waals surface area contributed by atoms with Crippen molar-refractivity contribution in [3.05, 3.63) is 28.2 Å². The van der Waals surface area contributed by atoms with Gasteiger partial charge in [-0.2, -0.15) is 0 Å². The molecule has 1 rings (SSSR count). The molecule has 0 atom stereocenters. The first-order chi connectivity index (χ1) is 8.10. The van der Waals surface area contributed by atoms with Gasteiger partial charge < -0.3 is 9.64 Å². The molecular formula is C13H18BrNO2. The average molecular weight is 300 g/mol. The number of hydrogen-bond acceptors (Lipinski definition) is 3. The van der Waals surface area contributed by atoms with E-state index in [1.165, 1.54) is 0 Å². The van der Waals surface area contributed by atoms with Crippen LogP contribution in [0.25, 0.3) is 0 Å². The molecule has 1 aromatic carbocycles. The van der Waals surface area contributed by atoms with E-state index in [1.54, 1.807) is 14.0 Å². The highest BCUT2D eigenvalue weighted by Crippen LogP contribution is 2.25. The van der Waals surface area contributed by atoms with Crippen molar-refractivity contribution in [1.29, 1.82) is 0 Å². The van der Waals surface area contributed by atoms with Crippen LogP contribution in [0, 0.1) is 0 Å². The Balaban J connectivity index is 3.06. The first-order valence-electron chi connectivity index (χ1n) is 5.64. The van der Waals surface area contributed by atoms with E-state index in [2.05, 4.69) is 27.8 Å². The molecule has 0 aliphatic rings. The number of hydrogen-bond donors (Lipinski definition) is 0. The normalized spacial score (nSPS) is 10.4. The van der Waals surface area contributed by atoms with Gasteiger partial charge in [-0.1, -0.05) is 15.9 Å². The summed E-state index contributed by atoms with van der Waals surface area (Å²) in [5.74, 6) is 0.0865. The van der Waals surface area contributed by atoms with Crippen LogP contribution in [0.1, 0.15) is 24.2 Å². The number of nitrogens with zero attached hydrogens (tertiary/aromatic N) is 1. The lowest BCUT2D eigenvalue weighted by Crippen LogP contribution is -2.28. The molecule has 1 aromatic rings. The van der Waals surface area contributed by atoms with Crippen LogP contribution >= 0.6 is 15.9 Å². The fourth-order valence-electron chi connectivity index (χ4n) is 1.71. The van der Waals surface area contributed by atoms with Gasteiger partial charge in [0.25, 0.3) is 0 Å². The molecule has 94 valence electrons. The summed E-state index contributed by atoms with van der Waals surface area (Å²) < 4.78 is 6.07. The maximum absolute atomic E-state index is 11.6. The minimum absolute atomic E-state index is 0.0865. The van der Waals surface area contributed by atoms with E-state index < -0.39 is 0 Å². The van der Waals surface area contributed by atoms with E-state index in [0.717, 1.165) is 28.8 Å². The average Bonchev–Trinajstić information content (AvgIpc) is 2.29. The van der Waals surface area contributed by atoms with Crippen molar-refractivity contribution >= 4 is 27.4 Å². The third kappa shape index (κ3) is 3.82. The number of carbonyl (C=O) groups is 1. The van der Waals surface area contributed by atoms with Crippen molar-refractivity contribution in [3.8, 4) is 0 Å². The Bertz CT molecular complexity index is 393. The van der Waals surface area contributed by atoms with Crippen LogP contribution in [-0.4, -0.2) is 32.6 Å². The molecule has 0 unspecified atom stereocenters. The third-order valence-electron chi connectivity index (χ3n) is 2.63. The van der Waals surface area contributed by atoms with Crippen LogP contribution < -0.4 is 4.90 Å². The molecule has 0 spiro atoms. The fraction of sp³-hybridized carbons (Fsp3) is 0.462. The Morgan fingerprint density at radius 1 is 1.47 bits per heavy atom. The van der Waals surface area contributed by atoms with Crippen LogP contribution in [0.3, 0.4) is 0 Å². The van der Waals surface area contributed by atoms with Crippen LogP contribution in [0.2, 0.25) is 0 Å². The van der Waals surface area contributed by atoms with E-state index in [-0.39, 0.29) is 5.78 Å². The smallest absolute Gasteiger partial charge is 0.161 e. The molecule has 0 saturated carbocycles. The summed E-state index contributed by atoms with van der Waals surface area (Å²) in [6, 6.07) is 5.73. The largest absolute Gasteiger partial charge is 0.383 e. The van der Waals surface area contributed by atoms with Gasteiger partial charge in [-0.3, -0.25) is 4.79 Å². The number of benzene rings is 1. The first kappa shape index (κ1) is 14.2. The molecule has 0 N–H and O–H groups in total. The quantitative estimate of drug-likeness (QED) is 0.756. The first-order valence-corrected chi connectivity index (χ1v) is 6.43. The maximum Gasteiger partial charge on any atom is 0.161 e. The Labute approximate surface area is 111 Å². The van der Waals surface area contributed by atoms with Gasteiger partial charge in [0.2, 0.25) is 0 Å². The van der Waals surface area contributed by atoms with E-state index in [4.69, 9.17) is 4.74 Å². The van der Waals surface area contributed by atoms with Gasteiger partial charge in [0.05, 0.1) is 6.61 Å². The monoisotopic (exact) mass is 299 g/mol. The molecule has 0 radical (unpaired) electrons. The van der Waals surface area contributed by atoms with Crippen LogP contribution in [-0.2, 0) is 4.74 Å². The number of Topliss-reactive ketones (excluding diaryl/α,β-unsaturated/α-hetero) is 1. The van der Waals surface area contributed by atoms with Gasteiger partial charge in [0.15, 0.2) is 5.78 Å².